The molecule has 1 aliphatic heterocycles. The summed E-state index contributed by atoms with van der Waals surface area (Å²) in [6, 6.07) is 2.49. The van der Waals surface area contributed by atoms with Gasteiger partial charge in [0.25, 0.3) is 0 Å². The zero-order valence-electron chi connectivity index (χ0n) is 12.9. The van der Waals surface area contributed by atoms with Crippen LogP contribution in [0.25, 0.3) is 0 Å². The molecule has 0 aromatic carbocycles. The molecule has 2 heteroatoms. The van der Waals surface area contributed by atoms with Crippen LogP contribution in [0, 0.1) is 11.8 Å². The fraction of sp³-hybridized carbons (Fsp3) is 1.00. The van der Waals surface area contributed by atoms with Crippen molar-refractivity contribution >= 4 is 0 Å². The number of hydrogen-bond donors (Lipinski definition) is 1. The Bertz CT molecular complexity index is 289. The molecule has 3 fully saturated rings. The van der Waals surface area contributed by atoms with Gasteiger partial charge in [-0.15, -0.1) is 0 Å². The Labute approximate surface area is 119 Å². The zero-order chi connectivity index (χ0) is 13.2. The lowest BCUT2D eigenvalue weighted by Gasteiger charge is -2.51. The van der Waals surface area contributed by atoms with Gasteiger partial charge in [-0.25, -0.2) is 0 Å². The summed E-state index contributed by atoms with van der Waals surface area (Å²) in [5.41, 5.74) is 0. The van der Waals surface area contributed by atoms with Crippen LogP contribution in [0.3, 0.4) is 0 Å². The van der Waals surface area contributed by atoms with Crippen LogP contribution < -0.4 is 5.32 Å². The average molecular weight is 264 g/mol. The van der Waals surface area contributed by atoms with Gasteiger partial charge in [-0.1, -0.05) is 19.8 Å². The van der Waals surface area contributed by atoms with Crippen molar-refractivity contribution in [2.24, 2.45) is 11.8 Å². The number of fused-ring (bicyclic) bond motifs is 1. The minimum Gasteiger partial charge on any atom is -0.315 e. The molecule has 0 amide bonds. The van der Waals surface area contributed by atoms with E-state index < -0.39 is 0 Å². The molecule has 0 bridgehead atoms. The van der Waals surface area contributed by atoms with E-state index >= 15 is 0 Å². The summed E-state index contributed by atoms with van der Waals surface area (Å²) in [6.45, 7) is 3.83. The van der Waals surface area contributed by atoms with E-state index in [1.807, 2.05) is 0 Å². The number of nitrogens with one attached hydrogen (secondary N) is 1. The van der Waals surface area contributed by atoms with E-state index in [2.05, 4.69) is 24.2 Å². The normalized spacial score (nSPS) is 44.8. The highest BCUT2D eigenvalue weighted by molar-refractivity contribution is 4.96. The topological polar surface area (TPSA) is 15.3 Å². The molecule has 2 saturated carbocycles. The van der Waals surface area contributed by atoms with Gasteiger partial charge in [0, 0.05) is 18.1 Å². The van der Waals surface area contributed by atoms with Crippen LogP contribution in [0.1, 0.15) is 64.7 Å². The number of hydrogen-bond acceptors (Lipinski definition) is 2. The Kier molecular flexibility index (Phi) is 4.48. The molecule has 1 N–H and O–H groups in total. The number of rotatable bonds is 2. The van der Waals surface area contributed by atoms with Crippen molar-refractivity contribution in [3.63, 3.8) is 0 Å². The maximum absolute atomic E-state index is 3.63. The predicted molar refractivity (Wildman–Crippen MR) is 81.3 cm³/mol. The lowest BCUT2D eigenvalue weighted by molar-refractivity contribution is -0.00604. The summed E-state index contributed by atoms with van der Waals surface area (Å²) in [5, 5.41) is 3.63. The van der Waals surface area contributed by atoms with Crippen LogP contribution in [-0.4, -0.2) is 36.6 Å². The van der Waals surface area contributed by atoms with Crippen molar-refractivity contribution in [3.8, 4) is 0 Å². The molecule has 0 aromatic heterocycles. The Balaban J connectivity index is 1.74. The number of nitrogens with zero attached hydrogens (tertiary/aromatic N) is 1. The van der Waals surface area contributed by atoms with Gasteiger partial charge in [-0.2, -0.15) is 0 Å². The summed E-state index contributed by atoms with van der Waals surface area (Å²) in [7, 11) is 2.18. The molecular weight excluding hydrogens is 232 g/mol. The third-order valence-electron chi connectivity index (χ3n) is 6.16. The SMILES string of the molecule is CNC1CCC(C)CC1N1CCCC2CCCCC21. The summed E-state index contributed by atoms with van der Waals surface area (Å²) in [5.74, 6) is 1.95. The first kappa shape index (κ1) is 13.9. The van der Waals surface area contributed by atoms with Crippen molar-refractivity contribution < 1.29 is 0 Å². The van der Waals surface area contributed by atoms with Crippen LogP contribution in [-0.2, 0) is 0 Å². The maximum atomic E-state index is 3.63. The Hall–Kier alpha value is -0.0800. The van der Waals surface area contributed by atoms with Gasteiger partial charge in [0.05, 0.1) is 0 Å². The van der Waals surface area contributed by atoms with E-state index in [0.717, 1.165) is 30.0 Å². The first-order chi connectivity index (χ1) is 9.29. The van der Waals surface area contributed by atoms with Crippen LogP contribution in [0.5, 0.6) is 0 Å². The lowest BCUT2D eigenvalue weighted by atomic mass is 9.75. The Morgan fingerprint density at radius 1 is 0.895 bits per heavy atom. The molecular formula is C17H32N2. The fourth-order valence-electron chi connectivity index (χ4n) is 5.13. The Morgan fingerprint density at radius 3 is 2.53 bits per heavy atom. The Morgan fingerprint density at radius 2 is 1.68 bits per heavy atom. The summed E-state index contributed by atoms with van der Waals surface area (Å²) in [6.07, 6.45) is 13.1. The quantitative estimate of drug-likeness (QED) is 0.822. The number of likely N-dealkylation sites (tertiary alicyclic amines) is 1. The predicted octanol–water partition coefficient (Wildman–Crippen LogP) is 3.42. The molecule has 1 heterocycles. The van der Waals surface area contributed by atoms with Gasteiger partial charge in [-0.05, 0) is 70.4 Å². The highest BCUT2D eigenvalue weighted by Gasteiger charge is 2.40. The molecule has 5 atom stereocenters. The van der Waals surface area contributed by atoms with Gasteiger partial charge >= 0.3 is 0 Å². The minimum absolute atomic E-state index is 0.747. The summed E-state index contributed by atoms with van der Waals surface area (Å²) in [4.78, 5) is 2.95. The van der Waals surface area contributed by atoms with Gasteiger partial charge in [0.1, 0.15) is 0 Å². The molecule has 19 heavy (non-hydrogen) atoms. The van der Waals surface area contributed by atoms with Crippen molar-refractivity contribution in [1.29, 1.82) is 0 Å². The number of piperidine rings is 1. The maximum Gasteiger partial charge on any atom is 0.0254 e. The second-order valence-electron chi connectivity index (χ2n) is 7.37. The molecule has 2 aliphatic carbocycles. The van der Waals surface area contributed by atoms with E-state index in [1.54, 1.807) is 0 Å². The summed E-state index contributed by atoms with van der Waals surface area (Å²) >= 11 is 0. The zero-order valence-corrected chi connectivity index (χ0v) is 12.9. The lowest BCUT2D eigenvalue weighted by Crippen LogP contribution is -2.59. The third-order valence-corrected chi connectivity index (χ3v) is 6.16. The first-order valence-electron chi connectivity index (χ1n) is 8.72. The van der Waals surface area contributed by atoms with Crippen molar-refractivity contribution in [1.82, 2.24) is 10.2 Å². The highest BCUT2D eigenvalue weighted by atomic mass is 15.2. The second-order valence-corrected chi connectivity index (χ2v) is 7.37. The minimum atomic E-state index is 0.747. The second kappa shape index (κ2) is 6.13. The molecule has 3 aliphatic rings. The van der Waals surface area contributed by atoms with Gasteiger partial charge in [0.2, 0.25) is 0 Å². The van der Waals surface area contributed by atoms with Crippen LogP contribution >= 0.6 is 0 Å². The number of likely N-dealkylation sites (N-methyl/N-ethyl adjacent to an activating group) is 1. The molecule has 110 valence electrons. The smallest absolute Gasteiger partial charge is 0.0254 e. The van der Waals surface area contributed by atoms with E-state index in [4.69, 9.17) is 0 Å². The monoisotopic (exact) mass is 264 g/mol. The molecule has 3 rings (SSSR count). The molecule has 1 saturated heterocycles. The van der Waals surface area contributed by atoms with Crippen LogP contribution in [0.15, 0.2) is 0 Å². The third kappa shape index (κ3) is 2.85. The van der Waals surface area contributed by atoms with Crippen molar-refractivity contribution in [2.45, 2.75) is 82.8 Å². The molecule has 2 nitrogen and oxygen atoms in total. The molecule has 0 radical (unpaired) electrons. The van der Waals surface area contributed by atoms with E-state index in [1.165, 1.54) is 64.3 Å². The van der Waals surface area contributed by atoms with E-state index in [-0.39, 0.29) is 0 Å². The largest absolute Gasteiger partial charge is 0.315 e. The van der Waals surface area contributed by atoms with Gasteiger partial charge in [-0.3, -0.25) is 4.90 Å². The van der Waals surface area contributed by atoms with Crippen LogP contribution in [0.2, 0.25) is 0 Å². The van der Waals surface area contributed by atoms with Gasteiger partial charge < -0.3 is 5.32 Å². The molecule has 5 unspecified atom stereocenters. The average Bonchev–Trinajstić information content (AvgIpc) is 2.46. The van der Waals surface area contributed by atoms with Crippen LogP contribution in [0.4, 0.5) is 0 Å². The molecule has 0 aromatic rings. The highest BCUT2D eigenvalue weighted by Crippen LogP contribution is 2.39. The van der Waals surface area contributed by atoms with Crippen molar-refractivity contribution in [3.05, 3.63) is 0 Å². The first-order valence-corrected chi connectivity index (χ1v) is 8.72. The standard InChI is InChI=1S/C17H32N2/c1-13-9-10-15(18-2)17(12-13)19-11-5-7-14-6-3-4-8-16(14)19/h13-18H,3-12H2,1-2H3. The van der Waals surface area contributed by atoms with Gasteiger partial charge in [0.15, 0.2) is 0 Å². The molecule has 0 spiro atoms. The van der Waals surface area contributed by atoms with Crippen molar-refractivity contribution in [2.75, 3.05) is 13.6 Å². The fourth-order valence-corrected chi connectivity index (χ4v) is 5.13. The van der Waals surface area contributed by atoms with E-state index in [9.17, 15) is 0 Å². The summed E-state index contributed by atoms with van der Waals surface area (Å²) < 4.78 is 0. The van der Waals surface area contributed by atoms with E-state index in [0.29, 0.717) is 0 Å².